The number of thioether (sulfide) groups is 1. The van der Waals surface area contributed by atoms with E-state index in [-0.39, 0.29) is 29.2 Å². The lowest BCUT2D eigenvalue weighted by Crippen LogP contribution is -2.36. The van der Waals surface area contributed by atoms with Gasteiger partial charge in [-0.2, -0.15) is 11.8 Å². The third kappa shape index (κ3) is 5.39. The number of nitrogens with one attached hydrogen (secondary N) is 1. The molecule has 2 aliphatic rings. The number of hydrogen-bond donors (Lipinski definition) is 1. The maximum Gasteiger partial charge on any atom is 0.336 e. The number of ketones is 1. The van der Waals surface area contributed by atoms with E-state index < -0.39 is 17.7 Å². The lowest BCUT2D eigenvalue weighted by atomic mass is 9.71. The number of carbonyl (C=O) groups excluding carboxylic acids is 2. The molecule has 2 aromatic carbocycles. The highest BCUT2D eigenvalue weighted by atomic mass is 79.9. The van der Waals surface area contributed by atoms with E-state index in [1.54, 1.807) is 31.0 Å². The van der Waals surface area contributed by atoms with Crippen molar-refractivity contribution in [3.63, 3.8) is 0 Å². The summed E-state index contributed by atoms with van der Waals surface area (Å²) in [6, 6.07) is 12.4. The van der Waals surface area contributed by atoms with Crippen LogP contribution in [0, 0.1) is 5.82 Å². The van der Waals surface area contributed by atoms with Crippen molar-refractivity contribution in [1.29, 1.82) is 0 Å². The smallest absolute Gasteiger partial charge is 0.336 e. The summed E-state index contributed by atoms with van der Waals surface area (Å²) in [6.07, 6.45) is 0.876. The first kappa shape index (κ1) is 26.5. The van der Waals surface area contributed by atoms with Crippen molar-refractivity contribution in [1.82, 2.24) is 5.32 Å². The molecule has 2 atom stereocenters. The molecule has 2 aromatic rings. The van der Waals surface area contributed by atoms with Gasteiger partial charge in [-0.15, -0.1) is 0 Å². The quantitative estimate of drug-likeness (QED) is 0.297. The zero-order valence-electron chi connectivity index (χ0n) is 20.5. The molecule has 1 aliphatic carbocycles. The molecule has 5 nitrogen and oxygen atoms in total. The second-order valence-electron chi connectivity index (χ2n) is 8.77. The number of halogens is 2. The number of carbonyl (C=O) groups is 2. The monoisotopic (exact) mass is 573 g/mol. The van der Waals surface area contributed by atoms with E-state index >= 15 is 0 Å². The molecule has 1 aliphatic heterocycles. The van der Waals surface area contributed by atoms with Crippen LogP contribution in [0.2, 0.25) is 0 Å². The molecule has 0 amide bonds. The molecule has 0 unspecified atom stereocenters. The van der Waals surface area contributed by atoms with Crippen molar-refractivity contribution in [2.24, 2.45) is 0 Å². The van der Waals surface area contributed by atoms with Crippen molar-refractivity contribution >= 4 is 39.4 Å². The van der Waals surface area contributed by atoms with E-state index in [2.05, 4.69) is 21.2 Å². The molecule has 0 radical (unpaired) electrons. The van der Waals surface area contributed by atoms with E-state index in [0.717, 1.165) is 22.8 Å². The largest absolute Gasteiger partial charge is 0.496 e. The van der Waals surface area contributed by atoms with Gasteiger partial charge in [0.15, 0.2) is 5.78 Å². The summed E-state index contributed by atoms with van der Waals surface area (Å²) in [7, 11) is 1.62. The molecule has 1 N–H and O–H groups in total. The van der Waals surface area contributed by atoms with Crippen molar-refractivity contribution in [3.05, 3.63) is 86.4 Å². The molecule has 190 valence electrons. The second kappa shape index (κ2) is 11.6. The van der Waals surface area contributed by atoms with Gasteiger partial charge >= 0.3 is 5.97 Å². The molecule has 0 spiro atoms. The maximum atomic E-state index is 14.1. The molecule has 0 saturated heterocycles. The van der Waals surface area contributed by atoms with Crippen molar-refractivity contribution < 1.29 is 23.5 Å². The summed E-state index contributed by atoms with van der Waals surface area (Å²) in [4.78, 5) is 27.0. The first-order chi connectivity index (χ1) is 17.3. The normalized spacial score (nSPS) is 19.6. The second-order valence-corrected chi connectivity index (χ2v) is 11.0. The van der Waals surface area contributed by atoms with Gasteiger partial charge in [0.1, 0.15) is 18.2 Å². The Bertz CT molecular complexity index is 1240. The van der Waals surface area contributed by atoms with Crippen LogP contribution >= 0.6 is 27.7 Å². The average molecular weight is 575 g/mol. The average Bonchev–Trinajstić information content (AvgIpc) is 2.87. The first-order valence-electron chi connectivity index (χ1n) is 11.9. The van der Waals surface area contributed by atoms with Crippen LogP contribution in [-0.4, -0.2) is 37.0 Å². The summed E-state index contributed by atoms with van der Waals surface area (Å²) in [5.74, 6) is 0.749. The van der Waals surface area contributed by atoms with Gasteiger partial charge in [-0.25, -0.2) is 9.18 Å². The minimum atomic E-state index is -0.643. The van der Waals surface area contributed by atoms with Gasteiger partial charge < -0.3 is 14.8 Å². The fourth-order valence-electron chi connectivity index (χ4n) is 4.97. The van der Waals surface area contributed by atoms with Gasteiger partial charge in [0, 0.05) is 41.0 Å². The minimum absolute atomic E-state index is 0.0514. The Morgan fingerprint density at radius 2 is 2.00 bits per heavy atom. The summed E-state index contributed by atoms with van der Waals surface area (Å²) in [5, 5.41) is 3.35. The number of dihydropyridines is 1. The highest BCUT2D eigenvalue weighted by Crippen LogP contribution is 2.47. The first-order valence-corrected chi connectivity index (χ1v) is 13.9. The molecule has 1 heterocycles. The molecule has 0 saturated carbocycles. The number of rotatable bonds is 8. The van der Waals surface area contributed by atoms with E-state index in [1.807, 2.05) is 38.1 Å². The van der Waals surface area contributed by atoms with E-state index in [9.17, 15) is 14.0 Å². The van der Waals surface area contributed by atoms with Crippen molar-refractivity contribution in [2.45, 2.75) is 38.5 Å². The van der Waals surface area contributed by atoms with Crippen LogP contribution in [-0.2, 0) is 14.3 Å². The van der Waals surface area contributed by atoms with Crippen LogP contribution in [0.4, 0.5) is 4.39 Å². The highest BCUT2D eigenvalue weighted by molar-refractivity contribution is 9.10. The topological polar surface area (TPSA) is 64.6 Å². The van der Waals surface area contributed by atoms with Gasteiger partial charge in [0.25, 0.3) is 0 Å². The third-order valence-corrected chi connectivity index (χ3v) is 8.04. The predicted molar refractivity (Wildman–Crippen MR) is 144 cm³/mol. The van der Waals surface area contributed by atoms with Gasteiger partial charge in [0.05, 0.1) is 17.2 Å². The Labute approximate surface area is 223 Å². The molecule has 0 bridgehead atoms. The number of Topliss-reactive ketones (excluding diaryl/α,β-unsaturated/α-hetero) is 1. The van der Waals surface area contributed by atoms with Gasteiger partial charge in [0.2, 0.25) is 0 Å². The molecular formula is C28H29BrFNO4S. The summed E-state index contributed by atoms with van der Waals surface area (Å²) < 4.78 is 25.5. The molecule has 0 fully saturated rings. The molecule has 36 heavy (non-hydrogen) atoms. The molecule has 4 rings (SSSR count). The number of ether oxygens (including phenoxy) is 2. The van der Waals surface area contributed by atoms with Crippen LogP contribution in [0.3, 0.4) is 0 Å². The minimum Gasteiger partial charge on any atom is -0.496 e. The van der Waals surface area contributed by atoms with Crippen LogP contribution < -0.4 is 10.1 Å². The van der Waals surface area contributed by atoms with Crippen LogP contribution in [0.1, 0.15) is 49.7 Å². The van der Waals surface area contributed by atoms with Crippen molar-refractivity contribution in [2.75, 3.05) is 25.2 Å². The fourth-order valence-corrected chi connectivity index (χ4v) is 5.86. The summed E-state index contributed by atoms with van der Waals surface area (Å²) >= 11 is 4.95. The zero-order chi connectivity index (χ0) is 25.8. The number of hydrogen-bond acceptors (Lipinski definition) is 6. The Morgan fingerprint density at radius 3 is 2.72 bits per heavy atom. The van der Waals surface area contributed by atoms with Gasteiger partial charge in [-0.1, -0.05) is 31.2 Å². The number of benzene rings is 2. The van der Waals surface area contributed by atoms with E-state index in [4.69, 9.17) is 9.47 Å². The Morgan fingerprint density at radius 1 is 1.22 bits per heavy atom. The molecular weight excluding hydrogens is 545 g/mol. The third-order valence-electron chi connectivity index (χ3n) is 6.57. The Balaban J connectivity index is 1.75. The van der Waals surface area contributed by atoms with Gasteiger partial charge in [-0.05, 0) is 64.4 Å². The van der Waals surface area contributed by atoms with Crippen LogP contribution in [0.25, 0.3) is 0 Å². The standard InChI is InChI=1S/C28H29BrFNO4S/c1-4-36-12-11-35-28(33)25-16(2)31-22-14-18(19-7-5-6-8-24(19)34-3)15-23(32)27(22)26(25)17-9-10-21(30)20(29)13-17/h5-10,13,18,26,31H,4,11-12,14-15H2,1-3H3/t18-,26-/m0/s1. The Hall–Kier alpha value is -2.58. The van der Waals surface area contributed by atoms with Crippen molar-refractivity contribution in [3.8, 4) is 5.75 Å². The number of esters is 1. The summed E-state index contributed by atoms with van der Waals surface area (Å²) in [6.45, 7) is 4.15. The molecule has 8 heteroatoms. The number of allylic oxidation sites excluding steroid dienone is 3. The fraction of sp³-hybridized carbons (Fsp3) is 0.357. The maximum absolute atomic E-state index is 14.1. The van der Waals surface area contributed by atoms with Crippen LogP contribution in [0.15, 0.2) is 69.5 Å². The van der Waals surface area contributed by atoms with E-state index in [1.165, 1.54) is 6.07 Å². The number of para-hydroxylation sites is 1. The predicted octanol–water partition coefficient (Wildman–Crippen LogP) is 6.25. The van der Waals surface area contributed by atoms with Gasteiger partial charge in [-0.3, -0.25) is 4.79 Å². The number of methoxy groups -OCH3 is 1. The zero-order valence-corrected chi connectivity index (χ0v) is 22.9. The Kier molecular flexibility index (Phi) is 8.57. The summed E-state index contributed by atoms with van der Waals surface area (Å²) in [5.41, 5.74) is 3.99. The molecule has 0 aromatic heterocycles. The van der Waals surface area contributed by atoms with Crippen LogP contribution in [0.5, 0.6) is 5.75 Å². The highest BCUT2D eigenvalue weighted by Gasteiger charge is 2.42. The lowest BCUT2D eigenvalue weighted by molar-refractivity contribution is -0.138. The SMILES string of the molecule is CCSCCOC(=O)C1=C(C)NC2=C(C(=O)C[C@@H](c3ccccc3OC)C2)[C@H]1c1ccc(F)c(Br)c1. The lowest BCUT2D eigenvalue weighted by Gasteiger charge is -2.37. The van der Waals surface area contributed by atoms with E-state index in [0.29, 0.717) is 34.6 Å².